The number of nitrogens with zero attached hydrogens (tertiary/aromatic N) is 1. The van der Waals surface area contributed by atoms with Gasteiger partial charge in [-0.3, -0.25) is 24.0 Å². The predicted octanol–water partition coefficient (Wildman–Crippen LogP) is 1.38. The smallest absolute Gasteiger partial charge is 0.322 e. The molecule has 1 atom stereocenters. The Morgan fingerprint density at radius 1 is 0.611 bits per heavy atom. The lowest BCUT2D eigenvalue weighted by Crippen LogP contribution is -2.51. The summed E-state index contributed by atoms with van der Waals surface area (Å²) < 4.78 is 29.9. The Morgan fingerprint density at radius 2 is 1.02 bits per heavy atom. The van der Waals surface area contributed by atoms with Crippen molar-refractivity contribution in [1.82, 2.24) is 20.9 Å². The molecule has 0 heterocycles. The van der Waals surface area contributed by atoms with E-state index in [1.165, 1.54) is 4.90 Å². The highest BCUT2D eigenvalue weighted by atomic mass is 31.2. The molecule has 4 rings (SSSR count). The minimum atomic E-state index is -3.29. The Hall–Kier alpha value is -5.35. The maximum atomic E-state index is 14.9. The number of carboxylic acids is 1. The lowest BCUT2D eigenvalue weighted by molar-refractivity contribution is -0.139. The highest BCUT2D eigenvalue weighted by Crippen LogP contribution is 2.45. The van der Waals surface area contributed by atoms with Crippen LogP contribution in [0.25, 0.3) is 0 Å². The van der Waals surface area contributed by atoms with Gasteiger partial charge in [-0.1, -0.05) is 121 Å². The second-order valence-electron chi connectivity index (χ2n) is 12.4. The lowest BCUT2D eigenvalue weighted by Gasteiger charge is -2.29. The molecule has 6 N–H and O–H groups in total. The van der Waals surface area contributed by atoms with E-state index in [1.54, 1.807) is 97.1 Å². The fourth-order valence-electron chi connectivity index (χ4n) is 5.85. The Labute approximate surface area is 314 Å². The van der Waals surface area contributed by atoms with Crippen molar-refractivity contribution in [2.75, 3.05) is 45.0 Å². The van der Waals surface area contributed by atoms with Gasteiger partial charge < -0.3 is 40.8 Å². The van der Waals surface area contributed by atoms with Gasteiger partial charge in [-0.2, -0.15) is 0 Å². The number of hydrogen-bond donors (Lipinski definition) is 5. The number of amides is 4. The summed E-state index contributed by atoms with van der Waals surface area (Å²) in [5.41, 5.74) is 5.28. The number of carboxylic acid groups (broad SMARTS) is 1. The molecule has 0 aliphatic rings. The monoisotopic (exact) mass is 773 g/mol. The van der Waals surface area contributed by atoms with E-state index in [9.17, 15) is 33.1 Å². The highest BCUT2D eigenvalue weighted by molar-refractivity contribution is 7.79. The van der Waals surface area contributed by atoms with Gasteiger partial charge in [0.25, 0.3) is 0 Å². The van der Waals surface area contributed by atoms with Crippen LogP contribution >= 0.6 is 14.3 Å². The Bertz CT molecular complexity index is 1780. The zero-order chi connectivity index (χ0) is 39.0. The van der Waals surface area contributed by atoms with Gasteiger partial charge in [0.15, 0.2) is 0 Å². The minimum absolute atomic E-state index is 0.0107. The van der Waals surface area contributed by atoms with Gasteiger partial charge >= 0.3 is 5.97 Å². The fraction of sp³-hybridized carbons (Fsp3) is 0.256. The van der Waals surface area contributed by atoms with Gasteiger partial charge in [0.2, 0.25) is 23.6 Å². The second-order valence-corrected chi connectivity index (χ2v) is 18.3. The van der Waals surface area contributed by atoms with Crippen molar-refractivity contribution in [2.45, 2.75) is 18.9 Å². The van der Waals surface area contributed by atoms with Crippen molar-refractivity contribution in [2.24, 2.45) is 5.73 Å². The molecule has 0 saturated heterocycles. The van der Waals surface area contributed by atoms with Gasteiger partial charge in [0.1, 0.15) is 26.9 Å². The summed E-state index contributed by atoms with van der Waals surface area (Å²) in [7, 11) is -6.58. The first-order valence-corrected chi connectivity index (χ1v) is 21.2. The lowest BCUT2D eigenvalue weighted by atomic mass is 10.1. The predicted molar refractivity (Wildman–Crippen MR) is 210 cm³/mol. The van der Waals surface area contributed by atoms with Crippen LogP contribution in [0.2, 0.25) is 0 Å². The molecule has 0 unspecified atom stereocenters. The summed E-state index contributed by atoms with van der Waals surface area (Å²) in [6.45, 7) is -1.56. The second kappa shape index (κ2) is 20.2. The third kappa shape index (κ3) is 11.6. The number of aliphatic carboxylic acids is 1. The van der Waals surface area contributed by atoms with Crippen LogP contribution in [-0.4, -0.2) is 90.7 Å². The molecule has 0 spiro atoms. The van der Waals surface area contributed by atoms with E-state index in [2.05, 4.69) is 16.0 Å². The first kappa shape index (κ1) is 41.4. The summed E-state index contributed by atoms with van der Waals surface area (Å²) in [5.74, 6) is -3.97. The molecule has 4 amide bonds. The summed E-state index contributed by atoms with van der Waals surface area (Å²) in [5, 5.41) is 18.5. The number of nitrogens with one attached hydrogen (secondary N) is 3. The molecule has 0 fully saturated rings. The summed E-state index contributed by atoms with van der Waals surface area (Å²) in [6, 6.07) is 34.7. The molecule has 0 aromatic heterocycles. The average Bonchev–Trinajstić information content (AvgIpc) is 3.21. The number of hydrogen-bond acceptors (Lipinski definition) is 8. The Balaban J connectivity index is 1.64. The van der Waals surface area contributed by atoms with E-state index in [-0.39, 0.29) is 44.8 Å². The number of benzene rings is 4. The largest absolute Gasteiger partial charge is 0.480 e. The summed E-state index contributed by atoms with van der Waals surface area (Å²) >= 11 is 0. The minimum Gasteiger partial charge on any atom is -0.480 e. The van der Waals surface area contributed by atoms with Crippen LogP contribution in [-0.2, 0) is 33.1 Å². The zero-order valence-electron chi connectivity index (χ0n) is 29.7. The highest BCUT2D eigenvalue weighted by Gasteiger charge is 2.32. The van der Waals surface area contributed by atoms with E-state index >= 15 is 0 Å². The molecule has 0 radical (unpaired) electrons. The number of rotatable bonds is 20. The first-order valence-electron chi connectivity index (χ1n) is 17.4. The maximum Gasteiger partial charge on any atom is 0.322 e. The Kier molecular flexibility index (Phi) is 15.5. The molecule has 4 aromatic carbocycles. The van der Waals surface area contributed by atoms with Crippen LogP contribution in [0.1, 0.15) is 12.8 Å². The molecule has 0 saturated carbocycles. The molecule has 0 aliphatic heterocycles. The van der Waals surface area contributed by atoms with Gasteiger partial charge in [-0.15, -0.1) is 0 Å². The number of carbonyl (C=O) groups excluding carboxylic acids is 4. The molecule has 284 valence electrons. The third-order valence-corrected chi connectivity index (χ3v) is 14.9. The topological polar surface area (TPSA) is 205 Å². The van der Waals surface area contributed by atoms with Crippen LogP contribution < -0.4 is 42.9 Å². The quantitative estimate of drug-likeness (QED) is 0.0823. The van der Waals surface area contributed by atoms with Crippen LogP contribution in [0.5, 0.6) is 0 Å². The van der Waals surface area contributed by atoms with E-state index in [0.29, 0.717) is 21.2 Å². The summed E-state index contributed by atoms with van der Waals surface area (Å²) in [4.78, 5) is 64.1. The van der Waals surface area contributed by atoms with Gasteiger partial charge in [-0.25, -0.2) is 0 Å². The normalized spacial score (nSPS) is 11.9. The van der Waals surface area contributed by atoms with Gasteiger partial charge in [-0.05, 0) is 6.42 Å². The molecule has 0 bridgehead atoms. The molecular weight excluding hydrogens is 728 g/mol. The van der Waals surface area contributed by atoms with E-state index < -0.39 is 63.0 Å². The fourth-order valence-corrected chi connectivity index (χ4v) is 11.1. The van der Waals surface area contributed by atoms with Crippen LogP contribution in [0.3, 0.4) is 0 Å². The maximum absolute atomic E-state index is 14.9. The van der Waals surface area contributed by atoms with Gasteiger partial charge in [0, 0.05) is 53.1 Å². The SMILES string of the molecule is NCC(=O)NCC(=O)N[C@@H](CCC(=O)N(CCP(=O)(c1ccccc1)c1ccccc1)CCP(=O)(c1ccccc1)c1ccccc1)C(=O)NCC(=O)O. The van der Waals surface area contributed by atoms with E-state index in [0.717, 1.165) is 0 Å². The molecule has 15 heteroatoms. The van der Waals surface area contributed by atoms with E-state index in [4.69, 9.17) is 10.8 Å². The number of nitrogens with two attached hydrogens (primary N) is 1. The van der Waals surface area contributed by atoms with Crippen molar-refractivity contribution in [3.05, 3.63) is 121 Å². The van der Waals surface area contributed by atoms with Crippen LogP contribution in [0.4, 0.5) is 0 Å². The molecule has 54 heavy (non-hydrogen) atoms. The first-order chi connectivity index (χ1) is 26.0. The van der Waals surface area contributed by atoms with Gasteiger partial charge in [0.05, 0.1) is 13.1 Å². The van der Waals surface area contributed by atoms with Crippen molar-refractivity contribution in [3.8, 4) is 0 Å². The third-order valence-electron chi connectivity index (χ3n) is 8.76. The van der Waals surface area contributed by atoms with Crippen molar-refractivity contribution in [1.29, 1.82) is 0 Å². The van der Waals surface area contributed by atoms with Crippen LogP contribution in [0, 0.1) is 0 Å². The molecule has 0 aliphatic carbocycles. The standard InChI is InChI=1S/C39H45N5O8P2/c40-27-35(45)41-28-36(46)43-34(39(50)42-29-38(48)49)21-22-37(47)44(23-25-53(51,30-13-5-1-6-14-30)31-15-7-2-8-16-31)24-26-54(52,32-17-9-3-10-18-32)33-19-11-4-12-20-33/h1-20,34H,21-29,40H2,(H,41,45)(H,42,50)(H,43,46)(H,48,49)/t34-/m0/s1. The van der Waals surface area contributed by atoms with Crippen molar-refractivity contribution in [3.63, 3.8) is 0 Å². The van der Waals surface area contributed by atoms with E-state index in [1.807, 2.05) is 24.3 Å². The molecule has 13 nitrogen and oxygen atoms in total. The summed E-state index contributed by atoms with van der Waals surface area (Å²) in [6.07, 6.45) is -0.397. The average molecular weight is 774 g/mol. The molecular formula is C39H45N5O8P2. The molecule has 4 aromatic rings. The number of carbonyl (C=O) groups is 5. The Morgan fingerprint density at radius 3 is 1.39 bits per heavy atom. The van der Waals surface area contributed by atoms with Crippen LogP contribution in [0.15, 0.2) is 121 Å². The zero-order valence-corrected chi connectivity index (χ0v) is 31.5. The van der Waals surface area contributed by atoms with Crippen molar-refractivity contribution >= 4 is 65.1 Å². The van der Waals surface area contributed by atoms with Crippen molar-refractivity contribution < 1.29 is 38.2 Å².